The van der Waals surface area contributed by atoms with Crippen molar-refractivity contribution in [1.29, 1.82) is 0 Å². The zero-order valence-corrected chi connectivity index (χ0v) is 10.0. The molecule has 2 heterocycles. The molecule has 0 bridgehead atoms. The van der Waals surface area contributed by atoms with Crippen LogP contribution < -0.4 is 0 Å². The molecule has 2 aromatic heterocycles. The summed E-state index contributed by atoms with van der Waals surface area (Å²) in [5, 5.41) is 7.07. The van der Waals surface area contributed by atoms with Gasteiger partial charge in [0.1, 0.15) is 0 Å². The number of hydrogen-bond donors (Lipinski definition) is 0. The largest absolute Gasteiger partial charge is 0.265 e. The maximum atomic E-state index is 3.78. The Morgan fingerprint density at radius 3 is 0.833 bits per heavy atom. The predicted octanol–water partition coefficient (Wildman–Crippen LogP) is 3.24. The van der Waals surface area contributed by atoms with Crippen molar-refractivity contribution < 1.29 is 0 Å². The third-order valence-electron chi connectivity index (χ3n) is 1.72. The van der Waals surface area contributed by atoms with Gasteiger partial charge in [-0.3, -0.25) is 4.98 Å². The Labute approximate surface area is 107 Å². The molecule has 0 unspecified atom stereocenters. The molecule has 0 aliphatic carbocycles. The van der Waals surface area contributed by atoms with E-state index in [0.717, 1.165) is 0 Å². The van der Waals surface area contributed by atoms with E-state index in [1.165, 1.54) is 0 Å². The molecule has 0 saturated carbocycles. The fourth-order valence-corrected chi connectivity index (χ4v) is 0.951. The van der Waals surface area contributed by atoms with Gasteiger partial charge >= 0.3 is 0 Å². The van der Waals surface area contributed by atoms with Gasteiger partial charge in [-0.2, -0.15) is 10.2 Å². The molecule has 18 heavy (non-hydrogen) atoms. The zero-order valence-electron chi connectivity index (χ0n) is 10.0. The summed E-state index contributed by atoms with van der Waals surface area (Å²) in [6.45, 7) is 0. The maximum absolute atomic E-state index is 3.78. The Hall–Kier alpha value is -2.55. The van der Waals surface area contributed by atoms with Gasteiger partial charge in [-0.1, -0.05) is 42.5 Å². The molecule has 1 aromatic carbocycles. The van der Waals surface area contributed by atoms with Crippen molar-refractivity contribution in [2.75, 3.05) is 0 Å². The number of aromatic nitrogens is 3. The monoisotopic (exact) mass is 237 g/mol. The molecule has 0 aliphatic heterocycles. The summed E-state index contributed by atoms with van der Waals surface area (Å²) in [5.74, 6) is 0. The number of pyridine rings is 1. The van der Waals surface area contributed by atoms with E-state index in [0.29, 0.717) is 0 Å². The lowest BCUT2D eigenvalue weighted by Gasteiger charge is -1.70. The summed E-state index contributed by atoms with van der Waals surface area (Å²) in [4.78, 5) is 3.78. The third-order valence-corrected chi connectivity index (χ3v) is 1.72. The first-order valence-corrected chi connectivity index (χ1v) is 5.57. The van der Waals surface area contributed by atoms with Gasteiger partial charge in [-0.25, -0.2) is 0 Å². The van der Waals surface area contributed by atoms with Gasteiger partial charge in [0.25, 0.3) is 0 Å². The van der Waals surface area contributed by atoms with E-state index in [2.05, 4.69) is 15.2 Å². The molecule has 0 spiro atoms. The first kappa shape index (κ1) is 13.5. The van der Waals surface area contributed by atoms with Crippen molar-refractivity contribution in [1.82, 2.24) is 15.2 Å². The summed E-state index contributed by atoms with van der Waals surface area (Å²) in [6.07, 6.45) is 6.78. The minimum absolute atomic E-state index is 1.64. The first-order chi connectivity index (χ1) is 9.00. The highest BCUT2D eigenvalue weighted by Gasteiger charge is 1.60. The summed E-state index contributed by atoms with van der Waals surface area (Å²) < 4.78 is 0. The second kappa shape index (κ2) is 11.0. The quantitative estimate of drug-likeness (QED) is 0.602. The molecule has 0 atom stereocenters. The Kier molecular flexibility index (Phi) is 8.22. The lowest BCUT2D eigenvalue weighted by atomic mass is 10.4. The van der Waals surface area contributed by atoms with E-state index in [1.54, 1.807) is 24.8 Å². The summed E-state index contributed by atoms with van der Waals surface area (Å²) in [6, 6.07) is 21.4. The van der Waals surface area contributed by atoms with Crippen LogP contribution >= 0.6 is 0 Å². The predicted molar refractivity (Wildman–Crippen MR) is 72.7 cm³/mol. The number of rotatable bonds is 0. The maximum Gasteiger partial charge on any atom is 0.0496 e. The van der Waals surface area contributed by atoms with E-state index < -0.39 is 0 Å². The first-order valence-electron chi connectivity index (χ1n) is 5.57. The minimum Gasteiger partial charge on any atom is -0.265 e. The standard InChI is InChI=1S/C6H6.C5H5N.C4H4N2/c3*1-2-4-6-5-3-1/h1-6H;1-5H;1-4H. The summed E-state index contributed by atoms with van der Waals surface area (Å²) >= 11 is 0. The molecule has 0 aliphatic rings. The van der Waals surface area contributed by atoms with Crippen molar-refractivity contribution in [2.45, 2.75) is 0 Å². The van der Waals surface area contributed by atoms with E-state index in [1.807, 2.05) is 66.7 Å². The van der Waals surface area contributed by atoms with Gasteiger partial charge in [0.05, 0.1) is 0 Å². The second-order valence-electron chi connectivity index (χ2n) is 3.09. The summed E-state index contributed by atoms with van der Waals surface area (Å²) in [7, 11) is 0. The van der Waals surface area contributed by atoms with E-state index in [-0.39, 0.29) is 0 Å². The van der Waals surface area contributed by atoms with Gasteiger partial charge in [-0.15, -0.1) is 0 Å². The van der Waals surface area contributed by atoms with Crippen molar-refractivity contribution in [3.05, 3.63) is 91.5 Å². The van der Waals surface area contributed by atoms with E-state index in [9.17, 15) is 0 Å². The highest BCUT2D eigenvalue weighted by Crippen LogP contribution is 1.80. The fraction of sp³-hybridized carbons (Fsp3) is 0. The number of benzene rings is 1. The highest BCUT2D eigenvalue weighted by molar-refractivity contribution is 4.99. The van der Waals surface area contributed by atoms with Crippen LogP contribution in [0.1, 0.15) is 0 Å². The van der Waals surface area contributed by atoms with Crippen LogP contribution in [-0.4, -0.2) is 15.2 Å². The summed E-state index contributed by atoms with van der Waals surface area (Å²) in [5.41, 5.74) is 0. The van der Waals surface area contributed by atoms with Crippen molar-refractivity contribution in [3.8, 4) is 0 Å². The molecule has 90 valence electrons. The average molecular weight is 237 g/mol. The Morgan fingerprint density at radius 2 is 0.667 bits per heavy atom. The molecular formula is C15H15N3. The molecule has 0 N–H and O–H groups in total. The van der Waals surface area contributed by atoms with Crippen molar-refractivity contribution in [2.24, 2.45) is 0 Å². The molecule has 0 saturated heterocycles. The van der Waals surface area contributed by atoms with Crippen LogP contribution in [-0.2, 0) is 0 Å². The van der Waals surface area contributed by atoms with Crippen molar-refractivity contribution in [3.63, 3.8) is 0 Å². The lowest BCUT2D eigenvalue weighted by Crippen LogP contribution is -1.69. The van der Waals surface area contributed by atoms with Crippen LogP contribution in [0.4, 0.5) is 0 Å². The normalized spacial score (nSPS) is 8.00. The highest BCUT2D eigenvalue weighted by atomic mass is 15.1. The van der Waals surface area contributed by atoms with Gasteiger partial charge in [0.2, 0.25) is 0 Å². The van der Waals surface area contributed by atoms with Gasteiger partial charge in [-0.05, 0) is 24.3 Å². The van der Waals surface area contributed by atoms with Gasteiger partial charge in [0, 0.05) is 24.8 Å². The van der Waals surface area contributed by atoms with Crippen LogP contribution in [0, 0.1) is 0 Å². The fourth-order valence-electron chi connectivity index (χ4n) is 0.951. The average Bonchev–Trinajstić information content (AvgIpc) is 2.54. The smallest absolute Gasteiger partial charge is 0.0496 e. The topological polar surface area (TPSA) is 38.7 Å². The van der Waals surface area contributed by atoms with Crippen LogP contribution in [0.25, 0.3) is 0 Å². The molecule has 3 heteroatoms. The number of nitrogens with zero attached hydrogens (tertiary/aromatic N) is 3. The Balaban J connectivity index is 0.000000135. The second-order valence-corrected chi connectivity index (χ2v) is 3.09. The minimum atomic E-state index is 1.64. The van der Waals surface area contributed by atoms with Gasteiger partial charge < -0.3 is 0 Å². The molecule has 0 amide bonds. The van der Waals surface area contributed by atoms with E-state index in [4.69, 9.17) is 0 Å². The molecular weight excluding hydrogens is 222 g/mol. The number of hydrogen-bond acceptors (Lipinski definition) is 3. The lowest BCUT2D eigenvalue weighted by molar-refractivity contribution is 1.03. The van der Waals surface area contributed by atoms with Crippen molar-refractivity contribution >= 4 is 0 Å². The third kappa shape index (κ3) is 8.73. The van der Waals surface area contributed by atoms with Crippen LogP contribution in [0.5, 0.6) is 0 Å². The van der Waals surface area contributed by atoms with Crippen LogP contribution in [0.3, 0.4) is 0 Å². The Bertz CT molecular complexity index is 302. The van der Waals surface area contributed by atoms with Crippen LogP contribution in [0.15, 0.2) is 91.5 Å². The van der Waals surface area contributed by atoms with Gasteiger partial charge in [0.15, 0.2) is 0 Å². The molecule has 3 nitrogen and oxygen atoms in total. The Morgan fingerprint density at radius 1 is 0.333 bits per heavy atom. The SMILES string of the molecule is c1ccccc1.c1ccncc1.c1ccnnc1. The van der Waals surface area contributed by atoms with Crippen LogP contribution in [0.2, 0.25) is 0 Å². The van der Waals surface area contributed by atoms with E-state index >= 15 is 0 Å². The molecule has 0 fully saturated rings. The molecule has 3 aromatic rings. The molecule has 3 rings (SSSR count). The molecule has 0 radical (unpaired) electrons. The zero-order chi connectivity index (χ0) is 12.7.